The molecule has 10 aromatic rings. The number of rotatable bonds is 7. The van der Waals surface area contributed by atoms with Gasteiger partial charge in [-0.3, -0.25) is 10.8 Å². The van der Waals surface area contributed by atoms with Crippen molar-refractivity contribution in [2.75, 3.05) is 5.43 Å². The molecule has 2 aromatic heterocycles. The molecule has 0 saturated carbocycles. The summed E-state index contributed by atoms with van der Waals surface area (Å²) in [6, 6.07) is 61.6. The van der Waals surface area contributed by atoms with E-state index in [0.717, 1.165) is 88.5 Å². The van der Waals surface area contributed by atoms with Crippen LogP contribution in [0.2, 0.25) is 0 Å². The molecule has 0 atom stereocenters. The van der Waals surface area contributed by atoms with Crippen LogP contribution in [-0.2, 0) is 0 Å². The first-order chi connectivity index (χ1) is 29.6. The molecule has 60 heavy (non-hydrogen) atoms. The van der Waals surface area contributed by atoms with Gasteiger partial charge in [0, 0.05) is 33.0 Å². The summed E-state index contributed by atoms with van der Waals surface area (Å²) in [6.45, 7) is 0. The fourth-order valence-electron chi connectivity index (χ4n) is 8.08. The van der Waals surface area contributed by atoms with Crippen LogP contribution in [0.5, 0.6) is 0 Å². The molecule has 7 heteroatoms. The number of hydrogen-bond donors (Lipinski definition) is 2. The van der Waals surface area contributed by atoms with Gasteiger partial charge in [-0.1, -0.05) is 140 Å². The molecule has 1 aliphatic rings. The second-order valence-corrected chi connectivity index (χ2v) is 14.8. The molecule has 0 bridgehead atoms. The third-order valence-electron chi connectivity index (χ3n) is 11.0. The molecular weight excluding hydrogens is 737 g/mol. The molecule has 0 unspecified atom stereocenters. The normalized spacial score (nSPS) is 13.0. The molecule has 0 saturated heterocycles. The van der Waals surface area contributed by atoms with Gasteiger partial charge in [-0.15, -0.1) is 0 Å². The molecule has 0 aliphatic heterocycles. The number of hydrazone groups is 1. The van der Waals surface area contributed by atoms with Crippen LogP contribution < -0.4 is 5.43 Å². The third-order valence-corrected chi connectivity index (χ3v) is 11.0. The van der Waals surface area contributed by atoms with Crippen LogP contribution in [-0.4, -0.2) is 26.4 Å². The van der Waals surface area contributed by atoms with E-state index < -0.39 is 0 Å². The Bertz CT molecular complexity index is 3300. The maximum absolute atomic E-state index is 9.25. The van der Waals surface area contributed by atoms with Crippen molar-refractivity contribution in [2.45, 2.75) is 0 Å². The molecule has 2 heterocycles. The summed E-state index contributed by atoms with van der Waals surface area (Å²) in [5.41, 5.74) is 15.1. The maximum atomic E-state index is 9.25. The Labute approximate surface area is 345 Å². The van der Waals surface area contributed by atoms with Crippen LogP contribution in [0.3, 0.4) is 0 Å². The van der Waals surface area contributed by atoms with Gasteiger partial charge in [0.05, 0.1) is 11.4 Å². The van der Waals surface area contributed by atoms with E-state index in [1.807, 2.05) is 91.0 Å². The first kappa shape index (κ1) is 34.9. The number of para-hydroxylation sites is 2. The minimum absolute atomic E-state index is 0.354. The van der Waals surface area contributed by atoms with Gasteiger partial charge in [-0.2, -0.15) is 5.10 Å². The number of benzene rings is 8. The topological polar surface area (TPSA) is 100 Å². The van der Waals surface area contributed by atoms with E-state index in [1.54, 1.807) is 0 Å². The Morgan fingerprint density at radius 3 is 1.85 bits per heavy atom. The van der Waals surface area contributed by atoms with Crippen LogP contribution in [0.4, 0.5) is 5.69 Å². The lowest BCUT2D eigenvalue weighted by molar-refractivity contribution is 0.669. The van der Waals surface area contributed by atoms with Gasteiger partial charge in [-0.05, 0) is 93.2 Å². The molecular formula is C53H34N6O. The summed E-state index contributed by atoms with van der Waals surface area (Å²) in [6.07, 6.45) is 3.90. The molecule has 0 fully saturated rings. The third kappa shape index (κ3) is 6.31. The Morgan fingerprint density at radius 1 is 0.467 bits per heavy atom. The number of aromatic nitrogens is 3. The molecule has 0 radical (unpaired) electrons. The van der Waals surface area contributed by atoms with Crippen LogP contribution >= 0.6 is 0 Å². The van der Waals surface area contributed by atoms with Gasteiger partial charge in [-0.25, -0.2) is 15.0 Å². The monoisotopic (exact) mass is 770 g/mol. The molecule has 282 valence electrons. The highest BCUT2D eigenvalue weighted by atomic mass is 16.3. The molecule has 0 spiro atoms. The summed E-state index contributed by atoms with van der Waals surface area (Å²) in [4.78, 5) is 15.7. The Balaban J connectivity index is 1.09. The van der Waals surface area contributed by atoms with Crippen molar-refractivity contribution in [3.63, 3.8) is 0 Å². The Morgan fingerprint density at radius 2 is 1.10 bits per heavy atom. The number of allylic oxidation sites excluding steroid dienone is 1. The van der Waals surface area contributed by atoms with Crippen LogP contribution in [0, 0.1) is 5.41 Å². The van der Waals surface area contributed by atoms with Crippen molar-refractivity contribution >= 4 is 55.9 Å². The minimum atomic E-state index is 0.354. The van der Waals surface area contributed by atoms with Crippen molar-refractivity contribution in [1.29, 1.82) is 5.41 Å². The predicted molar refractivity (Wildman–Crippen MR) is 245 cm³/mol. The van der Waals surface area contributed by atoms with Gasteiger partial charge < -0.3 is 4.42 Å². The second-order valence-electron chi connectivity index (χ2n) is 14.8. The highest BCUT2D eigenvalue weighted by Gasteiger charge is 2.22. The zero-order chi connectivity index (χ0) is 40.0. The lowest BCUT2D eigenvalue weighted by atomic mass is 9.89. The molecule has 0 amide bonds. The van der Waals surface area contributed by atoms with Gasteiger partial charge in [0.2, 0.25) is 0 Å². The summed E-state index contributed by atoms with van der Waals surface area (Å²) >= 11 is 0. The lowest BCUT2D eigenvalue weighted by Crippen LogP contribution is -2.18. The average molecular weight is 771 g/mol. The molecule has 11 rings (SSSR count). The van der Waals surface area contributed by atoms with E-state index >= 15 is 0 Å². The van der Waals surface area contributed by atoms with Crippen molar-refractivity contribution in [3.8, 4) is 56.4 Å². The fourth-order valence-corrected chi connectivity index (χ4v) is 8.08. The number of fused-ring (bicyclic) bond motifs is 6. The highest BCUT2D eigenvalue weighted by molar-refractivity contribution is 6.55. The molecule has 7 nitrogen and oxygen atoms in total. The van der Waals surface area contributed by atoms with Gasteiger partial charge >= 0.3 is 0 Å². The van der Waals surface area contributed by atoms with Crippen molar-refractivity contribution in [2.24, 2.45) is 5.10 Å². The Hall–Kier alpha value is -8.29. The van der Waals surface area contributed by atoms with E-state index in [0.29, 0.717) is 28.9 Å². The van der Waals surface area contributed by atoms with Crippen molar-refractivity contribution in [3.05, 3.63) is 199 Å². The summed E-state index contributed by atoms with van der Waals surface area (Å²) in [5, 5.41) is 17.7. The summed E-state index contributed by atoms with van der Waals surface area (Å²) in [7, 11) is 0. The standard InChI is InChI=1S/C53H34N6O/c54-50-45(59-58-41-17-8-3-9-18-41)28-26-35-23-24-36-29-37(25-27-42(36)48(35)50)51-55-52(57-53(56-51)44-20-12-22-47-49(44)43-19-10-11-21-46(43)60-47)40-31-38(33-13-4-1-5-14-33)30-39(32-40)34-15-6-2-7-16-34/h1-32,54,58H/b54-50?,59-45-. The zero-order valence-corrected chi connectivity index (χ0v) is 32.2. The summed E-state index contributed by atoms with van der Waals surface area (Å²) in [5.74, 6) is 1.64. The number of hydrogen-bond acceptors (Lipinski definition) is 7. The van der Waals surface area contributed by atoms with Crippen molar-refractivity contribution < 1.29 is 4.42 Å². The number of nitrogens with zero attached hydrogens (tertiary/aromatic N) is 4. The highest BCUT2D eigenvalue weighted by Crippen LogP contribution is 2.38. The van der Waals surface area contributed by atoms with E-state index in [9.17, 15) is 5.41 Å². The lowest BCUT2D eigenvalue weighted by Gasteiger charge is -2.17. The van der Waals surface area contributed by atoms with E-state index in [4.69, 9.17) is 19.4 Å². The quantitative estimate of drug-likeness (QED) is 0.157. The van der Waals surface area contributed by atoms with E-state index in [2.05, 4.69) is 114 Å². The van der Waals surface area contributed by atoms with Crippen LogP contribution in [0.1, 0.15) is 11.1 Å². The van der Waals surface area contributed by atoms with E-state index in [1.165, 1.54) is 0 Å². The zero-order valence-electron chi connectivity index (χ0n) is 32.2. The average Bonchev–Trinajstić information content (AvgIpc) is 3.71. The van der Waals surface area contributed by atoms with Gasteiger partial charge in [0.25, 0.3) is 0 Å². The van der Waals surface area contributed by atoms with E-state index in [-0.39, 0.29) is 0 Å². The first-order valence-corrected chi connectivity index (χ1v) is 19.8. The molecule has 8 aromatic carbocycles. The number of furan rings is 1. The van der Waals surface area contributed by atoms with Crippen LogP contribution in [0.15, 0.2) is 198 Å². The second kappa shape index (κ2) is 14.6. The fraction of sp³-hybridized carbons (Fsp3) is 0. The summed E-state index contributed by atoms with van der Waals surface area (Å²) < 4.78 is 6.32. The smallest absolute Gasteiger partial charge is 0.164 e. The van der Waals surface area contributed by atoms with Gasteiger partial charge in [0.15, 0.2) is 17.5 Å². The maximum Gasteiger partial charge on any atom is 0.164 e. The Kier molecular flexibility index (Phi) is 8.48. The number of anilines is 1. The van der Waals surface area contributed by atoms with Gasteiger partial charge in [0.1, 0.15) is 16.9 Å². The molecule has 2 N–H and O–H groups in total. The first-order valence-electron chi connectivity index (χ1n) is 19.8. The predicted octanol–water partition coefficient (Wildman–Crippen LogP) is 13.1. The largest absolute Gasteiger partial charge is 0.456 e. The minimum Gasteiger partial charge on any atom is -0.456 e. The van der Waals surface area contributed by atoms with Crippen molar-refractivity contribution in [1.82, 2.24) is 15.0 Å². The van der Waals surface area contributed by atoms with Crippen LogP contribution in [0.25, 0.3) is 95.2 Å². The number of nitrogens with one attached hydrogen (secondary N) is 2. The molecule has 1 aliphatic carbocycles. The SMILES string of the molecule is N=C1/C(=N\Nc2ccccc2)C=Cc2ccc3cc(-c4nc(-c5cc(-c6ccccc6)cc(-c6ccccc6)c5)nc(-c5cccc6oc7ccccc7c56)n4)ccc3c21.